The van der Waals surface area contributed by atoms with Crippen molar-refractivity contribution in [2.24, 2.45) is 11.8 Å². The summed E-state index contributed by atoms with van der Waals surface area (Å²) in [7, 11) is 0. The molecular formula is C12H23N. The second-order valence-corrected chi connectivity index (χ2v) is 4.54. The molecule has 13 heavy (non-hydrogen) atoms. The van der Waals surface area contributed by atoms with Crippen molar-refractivity contribution in [3.05, 3.63) is 0 Å². The first kappa shape index (κ1) is 10.7. The maximum atomic E-state index is 7.87. The van der Waals surface area contributed by atoms with Crippen LogP contribution < -0.4 is 0 Å². The highest BCUT2D eigenvalue weighted by Crippen LogP contribution is 2.27. The largest absolute Gasteiger partial charge is 0.309 e. The Morgan fingerprint density at radius 2 is 1.85 bits per heavy atom. The van der Waals surface area contributed by atoms with E-state index in [2.05, 4.69) is 13.8 Å². The number of nitrogens with one attached hydrogen (secondary N) is 1. The lowest BCUT2D eigenvalue weighted by molar-refractivity contribution is 0.371. The van der Waals surface area contributed by atoms with Gasteiger partial charge >= 0.3 is 0 Å². The van der Waals surface area contributed by atoms with Crippen LogP contribution in [0.25, 0.3) is 0 Å². The lowest BCUT2D eigenvalue weighted by atomic mass is 9.83. The van der Waals surface area contributed by atoms with Crippen LogP contribution in [0.2, 0.25) is 0 Å². The van der Waals surface area contributed by atoms with E-state index in [4.69, 9.17) is 5.41 Å². The van der Waals surface area contributed by atoms with Crippen molar-refractivity contribution in [1.82, 2.24) is 0 Å². The highest BCUT2D eigenvalue weighted by Gasteiger charge is 2.17. The first-order valence-electron chi connectivity index (χ1n) is 5.81. The summed E-state index contributed by atoms with van der Waals surface area (Å²) in [6, 6.07) is 0. The summed E-state index contributed by atoms with van der Waals surface area (Å²) >= 11 is 0. The van der Waals surface area contributed by atoms with Crippen LogP contribution in [0.1, 0.15) is 58.8 Å². The Bertz CT molecular complexity index is 163. The molecule has 0 aliphatic heterocycles. The number of hydrogen-bond acceptors (Lipinski definition) is 1. The van der Waals surface area contributed by atoms with Crippen LogP contribution in [0.5, 0.6) is 0 Å². The summed E-state index contributed by atoms with van der Waals surface area (Å²) in [5, 5.41) is 7.87. The smallest absolute Gasteiger partial charge is 0.0117 e. The molecule has 1 N–H and O–H groups in total. The first-order valence-corrected chi connectivity index (χ1v) is 5.81. The molecular weight excluding hydrogens is 158 g/mol. The molecule has 2 unspecified atom stereocenters. The minimum atomic E-state index is 0.618. The van der Waals surface area contributed by atoms with E-state index in [-0.39, 0.29) is 0 Å². The summed E-state index contributed by atoms with van der Waals surface area (Å²) in [4.78, 5) is 0. The SMILES string of the molecule is CCC(=N)C1CCCCC(C)CC1. The molecule has 1 nitrogen and oxygen atoms in total. The Morgan fingerprint density at radius 3 is 2.54 bits per heavy atom. The van der Waals surface area contributed by atoms with Crippen LogP contribution >= 0.6 is 0 Å². The number of rotatable bonds is 2. The Labute approximate surface area is 82.4 Å². The predicted octanol–water partition coefficient (Wildman–Crippen LogP) is 4.02. The minimum absolute atomic E-state index is 0.618. The zero-order chi connectivity index (χ0) is 9.68. The molecule has 2 atom stereocenters. The van der Waals surface area contributed by atoms with Crippen molar-refractivity contribution >= 4 is 5.71 Å². The van der Waals surface area contributed by atoms with Crippen molar-refractivity contribution < 1.29 is 0 Å². The molecule has 0 aromatic rings. The number of hydrogen-bond donors (Lipinski definition) is 1. The fourth-order valence-corrected chi connectivity index (χ4v) is 2.30. The van der Waals surface area contributed by atoms with E-state index < -0.39 is 0 Å². The quantitative estimate of drug-likeness (QED) is 0.622. The molecule has 76 valence electrons. The van der Waals surface area contributed by atoms with Gasteiger partial charge in [0.05, 0.1) is 0 Å². The van der Waals surface area contributed by atoms with Crippen molar-refractivity contribution in [1.29, 1.82) is 5.41 Å². The second-order valence-electron chi connectivity index (χ2n) is 4.54. The van der Waals surface area contributed by atoms with Crippen LogP contribution in [0.15, 0.2) is 0 Å². The van der Waals surface area contributed by atoms with Gasteiger partial charge in [0.25, 0.3) is 0 Å². The highest BCUT2D eigenvalue weighted by molar-refractivity contribution is 5.83. The predicted molar refractivity (Wildman–Crippen MR) is 58.4 cm³/mol. The first-order chi connectivity index (χ1) is 6.24. The molecule has 0 spiro atoms. The van der Waals surface area contributed by atoms with E-state index in [1.54, 1.807) is 0 Å². The van der Waals surface area contributed by atoms with Gasteiger partial charge in [-0.05, 0) is 31.1 Å². The third kappa shape index (κ3) is 3.50. The Morgan fingerprint density at radius 1 is 1.15 bits per heavy atom. The van der Waals surface area contributed by atoms with Gasteiger partial charge < -0.3 is 5.41 Å². The van der Waals surface area contributed by atoms with Gasteiger partial charge in [0.15, 0.2) is 0 Å². The fourth-order valence-electron chi connectivity index (χ4n) is 2.30. The maximum Gasteiger partial charge on any atom is 0.0117 e. The summed E-state index contributed by atoms with van der Waals surface area (Å²) in [5.74, 6) is 1.51. The summed E-state index contributed by atoms with van der Waals surface area (Å²) in [6.45, 7) is 4.47. The van der Waals surface area contributed by atoms with Crippen LogP contribution in [0.4, 0.5) is 0 Å². The molecule has 1 aliphatic rings. The Balaban J connectivity index is 2.40. The third-order valence-electron chi connectivity index (χ3n) is 3.38. The van der Waals surface area contributed by atoms with Gasteiger partial charge in [-0.3, -0.25) is 0 Å². The standard InChI is InChI=1S/C12H23N/c1-3-12(13)11-7-5-4-6-10(2)8-9-11/h10-11,13H,3-9H2,1-2H3. The van der Waals surface area contributed by atoms with Crippen LogP contribution in [0, 0.1) is 17.2 Å². The van der Waals surface area contributed by atoms with Gasteiger partial charge in [0.2, 0.25) is 0 Å². The lowest BCUT2D eigenvalue weighted by Gasteiger charge is -2.23. The lowest BCUT2D eigenvalue weighted by Crippen LogP contribution is -2.16. The van der Waals surface area contributed by atoms with E-state index in [0.717, 1.165) is 18.1 Å². The van der Waals surface area contributed by atoms with E-state index in [9.17, 15) is 0 Å². The molecule has 1 fully saturated rings. The van der Waals surface area contributed by atoms with Gasteiger partial charge in [-0.1, -0.05) is 39.5 Å². The average Bonchev–Trinajstić information content (AvgIpc) is 2.11. The van der Waals surface area contributed by atoms with Crippen LogP contribution in [-0.4, -0.2) is 5.71 Å². The Hall–Kier alpha value is -0.330. The molecule has 0 saturated heterocycles. The average molecular weight is 181 g/mol. The van der Waals surface area contributed by atoms with Crippen LogP contribution in [0.3, 0.4) is 0 Å². The van der Waals surface area contributed by atoms with Gasteiger partial charge in [-0.25, -0.2) is 0 Å². The van der Waals surface area contributed by atoms with Crippen molar-refractivity contribution in [2.75, 3.05) is 0 Å². The monoisotopic (exact) mass is 181 g/mol. The topological polar surface area (TPSA) is 23.9 Å². The molecule has 1 rings (SSSR count). The molecule has 0 aromatic heterocycles. The van der Waals surface area contributed by atoms with Gasteiger partial charge in [0, 0.05) is 5.71 Å². The van der Waals surface area contributed by atoms with E-state index in [1.807, 2.05) is 0 Å². The van der Waals surface area contributed by atoms with E-state index in [1.165, 1.54) is 38.5 Å². The summed E-state index contributed by atoms with van der Waals surface area (Å²) < 4.78 is 0. The normalized spacial score (nSPS) is 30.6. The second kappa shape index (κ2) is 5.41. The fraction of sp³-hybridized carbons (Fsp3) is 0.917. The van der Waals surface area contributed by atoms with Gasteiger partial charge in [-0.15, -0.1) is 0 Å². The maximum absolute atomic E-state index is 7.87. The third-order valence-corrected chi connectivity index (χ3v) is 3.38. The molecule has 1 heteroatoms. The van der Waals surface area contributed by atoms with Gasteiger partial charge in [-0.2, -0.15) is 0 Å². The summed E-state index contributed by atoms with van der Waals surface area (Å²) in [6.07, 6.45) is 8.98. The van der Waals surface area contributed by atoms with Crippen molar-refractivity contribution in [2.45, 2.75) is 58.8 Å². The van der Waals surface area contributed by atoms with Crippen LogP contribution in [-0.2, 0) is 0 Å². The zero-order valence-corrected chi connectivity index (χ0v) is 9.10. The molecule has 0 radical (unpaired) electrons. The summed E-state index contributed by atoms with van der Waals surface area (Å²) in [5.41, 5.74) is 0.995. The molecule has 0 aromatic carbocycles. The minimum Gasteiger partial charge on any atom is -0.309 e. The van der Waals surface area contributed by atoms with E-state index in [0.29, 0.717) is 5.92 Å². The van der Waals surface area contributed by atoms with Crippen molar-refractivity contribution in [3.63, 3.8) is 0 Å². The van der Waals surface area contributed by atoms with Gasteiger partial charge in [0.1, 0.15) is 0 Å². The highest BCUT2D eigenvalue weighted by atomic mass is 14.4. The molecule has 0 bridgehead atoms. The molecule has 1 aliphatic carbocycles. The van der Waals surface area contributed by atoms with Crippen molar-refractivity contribution in [3.8, 4) is 0 Å². The van der Waals surface area contributed by atoms with E-state index >= 15 is 0 Å². The molecule has 0 heterocycles. The Kier molecular flexibility index (Phi) is 4.47. The molecule has 0 amide bonds. The molecule has 1 saturated carbocycles. The zero-order valence-electron chi connectivity index (χ0n) is 9.10.